The Balaban J connectivity index is 1.92. The molecular formula is C20H23F3N4O2. The van der Waals surface area contributed by atoms with Gasteiger partial charge in [0.1, 0.15) is 17.5 Å². The normalized spacial score (nSPS) is 16.2. The third-order valence-corrected chi connectivity index (χ3v) is 4.65. The summed E-state index contributed by atoms with van der Waals surface area (Å²) < 4.78 is 47.0. The SMILES string of the molecule is CCOC(=O)CCc1cc(F)c(N2CCC(N)C2)nc1Nc1ccc(F)cc1F. The number of halogens is 3. The maximum Gasteiger partial charge on any atom is 0.306 e. The van der Waals surface area contributed by atoms with Crippen molar-refractivity contribution in [2.24, 2.45) is 5.73 Å². The molecule has 0 radical (unpaired) electrons. The Morgan fingerprint density at radius 1 is 1.31 bits per heavy atom. The lowest BCUT2D eigenvalue weighted by molar-refractivity contribution is -0.143. The third kappa shape index (κ3) is 5.17. The minimum Gasteiger partial charge on any atom is -0.466 e. The number of nitrogens with two attached hydrogens (primary N) is 1. The number of nitrogens with zero attached hydrogens (tertiary/aromatic N) is 2. The average molecular weight is 408 g/mol. The van der Waals surface area contributed by atoms with Crippen LogP contribution >= 0.6 is 0 Å². The van der Waals surface area contributed by atoms with Crippen LogP contribution in [-0.4, -0.2) is 36.7 Å². The number of hydrogen-bond acceptors (Lipinski definition) is 6. The lowest BCUT2D eigenvalue weighted by atomic mass is 10.1. The quantitative estimate of drug-likeness (QED) is 0.685. The number of ether oxygens (including phenoxy) is 1. The van der Waals surface area contributed by atoms with E-state index in [4.69, 9.17) is 10.5 Å². The third-order valence-electron chi connectivity index (χ3n) is 4.65. The van der Waals surface area contributed by atoms with Crippen LogP contribution in [0.4, 0.5) is 30.5 Å². The summed E-state index contributed by atoms with van der Waals surface area (Å²) in [5.41, 5.74) is 6.28. The van der Waals surface area contributed by atoms with E-state index >= 15 is 0 Å². The molecule has 3 N–H and O–H groups in total. The zero-order chi connectivity index (χ0) is 21.0. The van der Waals surface area contributed by atoms with Gasteiger partial charge < -0.3 is 20.7 Å². The monoisotopic (exact) mass is 408 g/mol. The first-order chi connectivity index (χ1) is 13.9. The lowest BCUT2D eigenvalue weighted by Gasteiger charge is -2.21. The number of anilines is 3. The van der Waals surface area contributed by atoms with Crippen molar-refractivity contribution < 1.29 is 22.7 Å². The predicted molar refractivity (Wildman–Crippen MR) is 104 cm³/mol. The van der Waals surface area contributed by atoms with E-state index in [0.717, 1.165) is 12.1 Å². The van der Waals surface area contributed by atoms with Crippen LogP contribution in [-0.2, 0) is 16.0 Å². The number of nitrogens with one attached hydrogen (secondary N) is 1. The molecule has 1 unspecified atom stereocenters. The van der Waals surface area contributed by atoms with Crippen LogP contribution in [0.5, 0.6) is 0 Å². The zero-order valence-corrected chi connectivity index (χ0v) is 16.1. The Labute approximate surface area is 166 Å². The molecule has 1 aliphatic heterocycles. The van der Waals surface area contributed by atoms with Crippen molar-refractivity contribution in [2.75, 3.05) is 29.9 Å². The Bertz CT molecular complexity index is 894. The second-order valence-electron chi connectivity index (χ2n) is 6.85. The number of esters is 1. The minimum atomic E-state index is -0.808. The first kappa shape index (κ1) is 20.9. The molecule has 6 nitrogen and oxygen atoms in total. The van der Waals surface area contributed by atoms with Crippen LogP contribution in [0.2, 0.25) is 0 Å². The van der Waals surface area contributed by atoms with E-state index in [9.17, 15) is 18.0 Å². The molecule has 2 aromatic rings. The molecule has 2 heterocycles. The van der Waals surface area contributed by atoms with Crippen LogP contribution in [0.3, 0.4) is 0 Å². The van der Waals surface area contributed by atoms with E-state index < -0.39 is 23.4 Å². The van der Waals surface area contributed by atoms with Crippen molar-refractivity contribution in [3.05, 3.63) is 47.3 Å². The second-order valence-corrected chi connectivity index (χ2v) is 6.85. The standard InChI is InChI=1S/C20H23F3N4O2/c1-2-29-18(28)6-3-12-9-16(23)20(27-8-7-14(24)11-27)26-19(12)25-17-5-4-13(21)10-15(17)22/h4-5,9-10,14H,2-3,6-8,11,24H2,1H3,(H,25,26). The molecule has 0 spiro atoms. The molecule has 0 saturated carbocycles. The summed E-state index contributed by atoms with van der Waals surface area (Å²) in [6, 6.07) is 4.27. The highest BCUT2D eigenvalue weighted by atomic mass is 19.1. The van der Waals surface area contributed by atoms with Crippen LogP contribution in [0.25, 0.3) is 0 Å². The summed E-state index contributed by atoms with van der Waals surface area (Å²) >= 11 is 0. The topological polar surface area (TPSA) is 80.5 Å². The highest BCUT2D eigenvalue weighted by Gasteiger charge is 2.25. The molecule has 29 heavy (non-hydrogen) atoms. The highest BCUT2D eigenvalue weighted by molar-refractivity contribution is 5.71. The predicted octanol–water partition coefficient (Wildman–Crippen LogP) is 3.28. The fourth-order valence-corrected chi connectivity index (χ4v) is 3.21. The molecule has 1 fully saturated rings. The van der Waals surface area contributed by atoms with Gasteiger partial charge in [0.05, 0.1) is 12.3 Å². The van der Waals surface area contributed by atoms with Gasteiger partial charge in [0.25, 0.3) is 0 Å². The highest BCUT2D eigenvalue weighted by Crippen LogP contribution is 2.29. The van der Waals surface area contributed by atoms with Crippen LogP contribution < -0.4 is 16.0 Å². The zero-order valence-electron chi connectivity index (χ0n) is 16.1. The smallest absolute Gasteiger partial charge is 0.306 e. The van der Waals surface area contributed by atoms with E-state index in [1.807, 2.05) is 0 Å². The first-order valence-electron chi connectivity index (χ1n) is 9.45. The van der Waals surface area contributed by atoms with Crippen LogP contribution in [0, 0.1) is 17.5 Å². The summed E-state index contributed by atoms with van der Waals surface area (Å²) in [6.45, 7) is 2.94. The molecule has 1 aromatic heterocycles. The van der Waals surface area contributed by atoms with Crippen molar-refractivity contribution in [3.63, 3.8) is 0 Å². The molecule has 0 bridgehead atoms. The van der Waals surface area contributed by atoms with E-state index in [1.54, 1.807) is 11.8 Å². The van der Waals surface area contributed by atoms with Gasteiger partial charge in [-0.05, 0) is 43.5 Å². The van der Waals surface area contributed by atoms with Crippen LogP contribution in [0.1, 0.15) is 25.3 Å². The van der Waals surface area contributed by atoms with Gasteiger partial charge in [-0.1, -0.05) is 0 Å². The van der Waals surface area contributed by atoms with E-state index in [0.29, 0.717) is 25.1 Å². The molecule has 3 rings (SSSR count). The number of benzene rings is 1. The number of carbonyl (C=O) groups is 1. The number of pyridine rings is 1. The fraction of sp³-hybridized carbons (Fsp3) is 0.400. The van der Waals surface area contributed by atoms with Crippen molar-refractivity contribution in [1.82, 2.24) is 4.98 Å². The molecule has 1 aliphatic rings. The van der Waals surface area contributed by atoms with Crippen LogP contribution in [0.15, 0.2) is 24.3 Å². The fourth-order valence-electron chi connectivity index (χ4n) is 3.21. The Morgan fingerprint density at radius 3 is 2.76 bits per heavy atom. The summed E-state index contributed by atoms with van der Waals surface area (Å²) in [6.07, 6.45) is 0.873. The minimum absolute atomic E-state index is 0.00744. The molecule has 0 amide bonds. The van der Waals surface area contributed by atoms with E-state index in [2.05, 4.69) is 10.3 Å². The van der Waals surface area contributed by atoms with Gasteiger partial charge >= 0.3 is 5.97 Å². The van der Waals surface area contributed by atoms with Gasteiger partial charge in [0.2, 0.25) is 0 Å². The molecule has 9 heteroatoms. The maximum absolute atomic E-state index is 14.7. The molecule has 1 saturated heterocycles. The summed E-state index contributed by atoms with van der Waals surface area (Å²) in [7, 11) is 0. The second kappa shape index (κ2) is 9.13. The number of hydrogen-bond donors (Lipinski definition) is 2. The van der Waals surface area contributed by atoms with Crippen molar-refractivity contribution in [3.8, 4) is 0 Å². The molecule has 156 valence electrons. The number of aromatic nitrogens is 1. The average Bonchev–Trinajstić information content (AvgIpc) is 3.10. The molecular weight excluding hydrogens is 385 g/mol. The van der Waals surface area contributed by atoms with E-state index in [-0.39, 0.29) is 42.8 Å². The number of carbonyl (C=O) groups excluding carboxylic acids is 1. The van der Waals surface area contributed by atoms with Gasteiger partial charge in [-0.25, -0.2) is 18.2 Å². The summed E-state index contributed by atoms with van der Waals surface area (Å²) in [5, 5.41) is 2.80. The summed E-state index contributed by atoms with van der Waals surface area (Å²) in [5.74, 6) is -2.21. The van der Waals surface area contributed by atoms with Gasteiger partial charge in [-0.15, -0.1) is 0 Å². The van der Waals surface area contributed by atoms with Gasteiger partial charge in [0.15, 0.2) is 11.6 Å². The first-order valence-corrected chi connectivity index (χ1v) is 9.45. The lowest BCUT2D eigenvalue weighted by Crippen LogP contribution is -2.28. The van der Waals surface area contributed by atoms with Gasteiger partial charge in [0, 0.05) is 31.6 Å². The largest absolute Gasteiger partial charge is 0.466 e. The maximum atomic E-state index is 14.7. The molecule has 1 atom stereocenters. The van der Waals surface area contributed by atoms with Crippen molar-refractivity contribution >= 4 is 23.3 Å². The van der Waals surface area contributed by atoms with Gasteiger partial charge in [-0.2, -0.15) is 0 Å². The Hall–Kier alpha value is -2.81. The van der Waals surface area contributed by atoms with Gasteiger partial charge in [-0.3, -0.25) is 4.79 Å². The van der Waals surface area contributed by atoms with Crippen molar-refractivity contribution in [1.29, 1.82) is 0 Å². The number of rotatable bonds is 7. The van der Waals surface area contributed by atoms with Crippen molar-refractivity contribution in [2.45, 2.75) is 32.2 Å². The molecule has 0 aliphatic carbocycles. The Kier molecular flexibility index (Phi) is 6.58. The number of aryl methyl sites for hydroxylation is 1. The molecule has 1 aromatic carbocycles. The Morgan fingerprint density at radius 2 is 2.10 bits per heavy atom. The van der Waals surface area contributed by atoms with E-state index in [1.165, 1.54) is 12.1 Å². The summed E-state index contributed by atoms with van der Waals surface area (Å²) in [4.78, 5) is 17.8.